The third-order valence-corrected chi connectivity index (χ3v) is 4.79. The summed E-state index contributed by atoms with van der Waals surface area (Å²) >= 11 is 5.99. The highest BCUT2D eigenvalue weighted by Gasteiger charge is 2.31. The van der Waals surface area contributed by atoms with Gasteiger partial charge in [0.1, 0.15) is 11.8 Å². The second-order valence-electron chi connectivity index (χ2n) is 5.65. The number of carbonyl (C=O) groups is 1. The summed E-state index contributed by atoms with van der Waals surface area (Å²) in [5.74, 6) is -0.0814. The van der Waals surface area contributed by atoms with Crippen molar-refractivity contribution in [1.82, 2.24) is 10.2 Å². The molecule has 0 bridgehead atoms. The first-order chi connectivity index (χ1) is 11.1. The van der Waals surface area contributed by atoms with Gasteiger partial charge in [-0.15, -0.1) is 0 Å². The molecular formula is C15H24ClN3O4S. The monoisotopic (exact) mass is 377 g/mol. The van der Waals surface area contributed by atoms with E-state index >= 15 is 0 Å². The zero-order valence-electron chi connectivity index (χ0n) is 14.5. The molecule has 0 aliphatic carbocycles. The van der Waals surface area contributed by atoms with Gasteiger partial charge in [0.2, 0.25) is 15.9 Å². The van der Waals surface area contributed by atoms with E-state index in [4.69, 9.17) is 16.3 Å². The lowest BCUT2D eigenvalue weighted by Gasteiger charge is -2.29. The predicted molar refractivity (Wildman–Crippen MR) is 96.4 cm³/mol. The molecule has 0 aromatic heterocycles. The molecule has 0 saturated carbocycles. The average molecular weight is 378 g/mol. The van der Waals surface area contributed by atoms with Crippen molar-refractivity contribution in [3.8, 4) is 5.75 Å². The molecule has 0 aliphatic heterocycles. The van der Waals surface area contributed by atoms with Gasteiger partial charge in [-0.05, 0) is 39.2 Å². The van der Waals surface area contributed by atoms with Crippen molar-refractivity contribution >= 4 is 33.2 Å². The topological polar surface area (TPSA) is 79.0 Å². The number of benzene rings is 1. The quantitative estimate of drug-likeness (QED) is 0.736. The van der Waals surface area contributed by atoms with Gasteiger partial charge in [-0.2, -0.15) is 0 Å². The van der Waals surface area contributed by atoms with Crippen LogP contribution in [-0.2, 0) is 14.8 Å². The van der Waals surface area contributed by atoms with Crippen molar-refractivity contribution in [3.63, 3.8) is 0 Å². The van der Waals surface area contributed by atoms with Gasteiger partial charge in [-0.3, -0.25) is 9.10 Å². The third kappa shape index (κ3) is 5.54. The number of anilines is 1. The Morgan fingerprint density at radius 2 is 2.00 bits per heavy atom. The van der Waals surface area contributed by atoms with Crippen molar-refractivity contribution in [1.29, 1.82) is 0 Å². The second-order valence-corrected chi connectivity index (χ2v) is 7.94. The maximum absolute atomic E-state index is 12.4. The Bertz CT molecular complexity index is 679. The molecule has 7 nitrogen and oxygen atoms in total. The molecule has 1 N–H and O–H groups in total. The van der Waals surface area contributed by atoms with Crippen LogP contribution >= 0.6 is 11.6 Å². The minimum Gasteiger partial charge on any atom is -0.495 e. The van der Waals surface area contributed by atoms with E-state index in [1.165, 1.54) is 20.1 Å². The van der Waals surface area contributed by atoms with Crippen LogP contribution in [0.15, 0.2) is 18.2 Å². The number of nitrogens with zero attached hydrogens (tertiary/aromatic N) is 2. The molecule has 9 heteroatoms. The standard InChI is InChI=1S/C15H24ClN3O4S/c1-11(15(20)17-8-9-18(2)3)19(24(5,21)22)13-10-12(16)6-7-14(13)23-4/h6-7,10-11H,8-9H2,1-5H3,(H,17,20)/t11-/m0/s1. The molecule has 0 unspecified atom stereocenters. The van der Waals surface area contributed by atoms with Crippen LogP contribution in [0.25, 0.3) is 0 Å². The number of likely N-dealkylation sites (N-methyl/N-ethyl adjacent to an activating group) is 1. The number of hydrogen-bond donors (Lipinski definition) is 1. The molecule has 136 valence electrons. The Hall–Kier alpha value is -1.51. The molecule has 0 fully saturated rings. The number of rotatable bonds is 8. The Labute approximate surface area is 148 Å². The highest BCUT2D eigenvalue weighted by molar-refractivity contribution is 7.92. The fourth-order valence-electron chi connectivity index (χ4n) is 2.17. The fraction of sp³-hybridized carbons (Fsp3) is 0.533. The molecule has 0 saturated heterocycles. The molecule has 1 aromatic carbocycles. The number of carbonyl (C=O) groups excluding carboxylic acids is 1. The molecule has 1 atom stereocenters. The lowest BCUT2D eigenvalue weighted by molar-refractivity contribution is -0.121. The average Bonchev–Trinajstić information content (AvgIpc) is 2.45. The molecule has 0 heterocycles. The number of ether oxygens (including phenoxy) is 1. The van der Waals surface area contributed by atoms with Gasteiger partial charge in [-0.25, -0.2) is 8.42 Å². The van der Waals surface area contributed by atoms with E-state index in [-0.39, 0.29) is 5.69 Å². The Morgan fingerprint density at radius 1 is 1.38 bits per heavy atom. The molecular weight excluding hydrogens is 354 g/mol. The summed E-state index contributed by atoms with van der Waals surface area (Å²) in [6.07, 6.45) is 1.04. The maximum Gasteiger partial charge on any atom is 0.243 e. The van der Waals surface area contributed by atoms with E-state index in [0.29, 0.717) is 23.9 Å². The summed E-state index contributed by atoms with van der Waals surface area (Å²) in [6, 6.07) is 3.67. The summed E-state index contributed by atoms with van der Waals surface area (Å²) in [5.41, 5.74) is 0.225. The summed E-state index contributed by atoms with van der Waals surface area (Å²) in [7, 11) is 1.46. The number of amides is 1. The van der Waals surface area contributed by atoms with Crippen LogP contribution in [0.1, 0.15) is 6.92 Å². The SMILES string of the molecule is COc1ccc(Cl)cc1N([C@@H](C)C(=O)NCCN(C)C)S(C)(=O)=O. The Kier molecular flexibility index (Phi) is 7.31. The smallest absolute Gasteiger partial charge is 0.243 e. The van der Waals surface area contributed by atoms with Crippen LogP contribution in [0, 0.1) is 0 Å². The van der Waals surface area contributed by atoms with Gasteiger partial charge < -0.3 is 15.0 Å². The van der Waals surface area contributed by atoms with Crippen molar-refractivity contribution in [2.75, 3.05) is 44.9 Å². The fourth-order valence-corrected chi connectivity index (χ4v) is 3.50. The highest BCUT2D eigenvalue weighted by Crippen LogP contribution is 2.34. The second kappa shape index (κ2) is 8.55. The number of methoxy groups -OCH3 is 1. The number of halogens is 1. The van der Waals surface area contributed by atoms with E-state index < -0.39 is 22.0 Å². The Balaban J connectivity index is 3.15. The van der Waals surface area contributed by atoms with Crippen LogP contribution in [0.2, 0.25) is 5.02 Å². The molecule has 1 rings (SSSR count). The Morgan fingerprint density at radius 3 is 2.50 bits per heavy atom. The van der Waals surface area contributed by atoms with E-state index in [1.807, 2.05) is 19.0 Å². The molecule has 0 aliphatic rings. The lowest BCUT2D eigenvalue weighted by atomic mass is 10.2. The maximum atomic E-state index is 12.4. The lowest BCUT2D eigenvalue weighted by Crippen LogP contribution is -2.49. The van der Waals surface area contributed by atoms with Gasteiger partial charge in [0.25, 0.3) is 0 Å². The zero-order chi connectivity index (χ0) is 18.5. The predicted octanol–water partition coefficient (Wildman–Crippen LogP) is 1.18. The summed E-state index contributed by atoms with van der Waals surface area (Å²) < 4.78 is 30.8. The van der Waals surface area contributed by atoms with Crippen molar-refractivity contribution in [2.45, 2.75) is 13.0 Å². The number of nitrogens with one attached hydrogen (secondary N) is 1. The van der Waals surface area contributed by atoms with Crippen molar-refractivity contribution < 1.29 is 17.9 Å². The molecule has 0 radical (unpaired) electrons. The highest BCUT2D eigenvalue weighted by atomic mass is 35.5. The van der Waals surface area contributed by atoms with E-state index in [9.17, 15) is 13.2 Å². The molecule has 0 spiro atoms. The van der Waals surface area contributed by atoms with Crippen molar-refractivity contribution in [3.05, 3.63) is 23.2 Å². The van der Waals surface area contributed by atoms with Crippen LogP contribution < -0.4 is 14.4 Å². The summed E-state index contributed by atoms with van der Waals surface area (Å²) in [5, 5.41) is 3.07. The van der Waals surface area contributed by atoms with Gasteiger partial charge >= 0.3 is 0 Å². The molecule has 1 amide bonds. The van der Waals surface area contributed by atoms with Crippen LogP contribution in [0.3, 0.4) is 0 Å². The largest absolute Gasteiger partial charge is 0.495 e. The molecule has 1 aromatic rings. The van der Waals surface area contributed by atoms with Gasteiger partial charge in [0, 0.05) is 18.1 Å². The van der Waals surface area contributed by atoms with E-state index in [0.717, 1.165) is 10.6 Å². The first-order valence-electron chi connectivity index (χ1n) is 7.33. The van der Waals surface area contributed by atoms with Gasteiger partial charge in [-0.1, -0.05) is 11.6 Å². The minimum atomic E-state index is -3.73. The summed E-state index contributed by atoms with van der Waals surface area (Å²) in [4.78, 5) is 14.3. The first-order valence-corrected chi connectivity index (χ1v) is 9.56. The normalized spacial score (nSPS) is 12.8. The zero-order valence-corrected chi connectivity index (χ0v) is 16.1. The van der Waals surface area contributed by atoms with Crippen LogP contribution in [0.5, 0.6) is 5.75 Å². The van der Waals surface area contributed by atoms with E-state index in [2.05, 4.69) is 5.32 Å². The number of sulfonamides is 1. The van der Waals surface area contributed by atoms with Crippen LogP contribution in [0.4, 0.5) is 5.69 Å². The third-order valence-electron chi connectivity index (χ3n) is 3.33. The van der Waals surface area contributed by atoms with Crippen LogP contribution in [-0.4, -0.2) is 65.8 Å². The summed E-state index contributed by atoms with van der Waals surface area (Å²) in [6.45, 7) is 2.59. The van der Waals surface area contributed by atoms with Gasteiger partial charge in [0.05, 0.1) is 19.1 Å². The molecule has 24 heavy (non-hydrogen) atoms. The minimum absolute atomic E-state index is 0.225. The van der Waals surface area contributed by atoms with E-state index in [1.54, 1.807) is 12.1 Å². The first kappa shape index (κ1) is 20.5. The number of hydrogen-bond acceptors (Lipinski definition) is 5. The van der Waals surface area contributed by atoms with Crippen molar-refractivity contribution in [2.24, 2.45) is 0 Å². The van der Waals surface area contributed by atoms with Gasteiger partial charge in [0.15, 0.2) is 0 Å².